The van der Waals surface area contributed by atoms with Crippen LogP contribution in [0.3, 0.4) is 0 Å². The minimum atomic E-state index is 0.400. The Labute approximate surface area is 91.9 Å². The second-order valence-electron chi connectivity index (χ2n) is 2.78. The zero-order valence-corrected chi connectivity index (χ0v) is 9.47. The maximum Gasteiger partial charge on any atom is 0.120 e. The quantitative estimate of drug-likeness (QED) is 0.774. The second-order valence-corrected chi connectivity index (χ2v) is 3.63. The number of ether oxygens (including phenoxy) is 1. The van der Waals surface area contributed by atoms with E-state index in [0.717, 1.165) is 15.6 Å². The van der Waals surface area contributed by atoms with E-state index in [1.165, 1.54) is 0 Å². The Bertz CT molecular complexity index is 393. The van der Waals surface area contributed by atoms with Crippen molar-refractivity contribution in [3.63, 3.8) is 0 Å². The molecule has 1 aromatic rings. The van der Waals surface area contributed by atoms with Crippen molar-refractivity contribution in [1.29, 1.82) is 5.26 Å². The van der Waals surface area contributed by atoms with Gasteiger partial charge in [0.1, 0.15) is 5.76 Å². The maximum absolute atomic E-state index is 8.56. The van der Waals surface area contributed by atoms with Gasteiger partial charge in [-0.2, -0.15) is 5.26 Å². The van der Waals surface area contributed by atoms with Gasteiger partial charge in [-0.15, -0.1) is 0 Å². The summed E-state index contributed by atoms with van der Waals surface area (Å²) in [5.74, 6) is 0.594. The highest BCUT2D eigenvalue weighted by Crippen LogP contribution is 2.24. The van der Waals surface area contributed by atoms with Gasteiger partial charge in [-0.3, -0.25) is 0 Å². The van der Waals surface area contributed by atoms with Crippen molar-refractivity contribution in [2.45, 2.75) is 6.42 Å². The van der Waals surface area contributed by atoms with Gasteiger partial charge in [0.2, 0.25) is 0 Å². The molecule has 0 aromatic heterocycles. The molecule has 0 radical (unpaired) electrons. The second kappa shape index (κ2) is 4.83. The summed E-state index contributed by atoms with van der Waals surface area (Å²) in [5.41, 5.74) is 1.85. The number of hydrogen-bond acceptors (Lipinski definition) is 2. The summed E-state index contributed by atoms with van der Waals surface area (Å²) in [6.07, 6.45) is 0.400. The van der Waals surface area contributed by atoms with Crippen LogP contribution in [-0.4, -0.2) is 7.11 Å². The van der Waals surface area contributed by atoms with Crippen LogP contribution in [0.25, 0.3) is 5.76 Å². The molecule has 2 nitrogen and oxygen atoms in total. The lowest BCUT2D eigenvalue weighted by atomic mass is 10.1. The largest absolute Gasteiger partial charge is 0.497 e. The maximum atomic E-state index is 8.56. The molecular formula is C11H10BrNO. The molecule has 0 aliphatic carbocycles. The summed E-state index contributed by atoms with van der Waals surface area (Å²) in [7, 11) is 1.58. The predicted molar refractivity (Wildman–Crippen MR) is 59.5 cm³/mol. The Morgan fingerprint density at radius 3 is 2.93 bits per heavy atom. The predicted octanol–water partition coefficient (Wildman–Crippen LogP) is 3.13. The Kier molecular flexibility index (Phi) is 3.73. The zero-order valence-electron chi connectivity index (χ0n) is 7.88. The molecule has 0 saturated carbocycles. The molecule has 14 heavy (non-hydrogen) atoms. The number of hydrogen-bond donors (Lipinski definition) is 0. The third kappa shape index (κ3) is 2.36. The molecule has 0 atom stereocenters. The lowest BCUT2D eigenvalue weighted by Crippen LogP contribution is -1.90. The highest BCUT2D eigenvalue weighted by atomic mass is 79.9. The molecule has 0 unspecified atom stereocenters. The molecule has 1 rings (SSSR count). The number of nitrogens with zero attached hydrogens (tertiary/aromatic N) is 1. The third-order valence-electron chi connectivity index (χ3n) is 1.86. The molecule has 1 aromatic carbocycles. The van der Waals surface area contributed by atoms with Crippen molar-refractivity contribution in [2.75, 3.05) is 7.11 Å². The van der Waals surface area contributed by atoms with E-state index in [4.69, 9.17) is 10.00 Å². The Hall–Kier alpha value is -1.27. The SMILES string of the molecule is C=C(OC)c1cc(CC#N)ccc1Br. The van der Waals surface area contributed by atoms with Gasteiger partial charge < -0.3 is 4.74 Å². The van der Waals surface area contributed by atoms with Crippen molar-refractivity contribution in [1.82, 2.24) is 0 Å². The van der Waals surface area contributed by atoms with Gasteiger partial charge in [0, 0.05) is 10.0 Å². The summed E-state index contributed by atoms with van der Waals surface area (Å²) in [5, 5.41) is 8.56. The molecule has 0 N–H and O–H groups in total. The van der Waals surface area contributed by atoms with Crippen molar-refractivity contribution in [3.05, 3.63) is 40.4 Å². The molecule has 72 valence electrons. The molecule has 0 saturated heterocycles. The first kappa shape index (κ1) is 10.8. The van der Waals surface area contributed by atoms with Crippen LogP contribution in [0.15, 0.2) is 29.3 Å². The van der Waals surface area contributed by atoms with Crippen molar-refractivity contribution >= 4 is 21.7 Å². The molecule has 0 spiro atoms. The van der Waals surface area contributed by atoms with E-state index in [-0.39, 0.29) is 0 Å². The van der Waals surface area contributed by atoms with Gasteiger partial charge in [0.15, 0.2) is 0 Å². The Balaban J connectivity index is 3.09. The van der Waals surface area contributed by atoms with Crippen LogP contribution in [-0.2, 0) is 11.2 Å². The molecular weight excluding hydrogens is 242 g/mol. The number of benzene rings is 1. The number of nitriles is 1. The van der Waals surface area contributed by atoms with Crippen LogP contribution >= 0.6 is 15.9 Å². The standard InChI is InChI=1S/C11H10BrNO/c1-8(14-2)10-7-9(5-6-13)3-4-11(10)12/h3-4,7H,1,5H2,2H3. The first-order chi connectivity index (χ1) is 6.69. The average molecular weight is 252 g/mol. The minimum Gasteiger partial charge on any atom is -0.497 e. The molecule has 0 bridgehead atoms. The van der Waals surface area contributed by atoms with Gasteiger partial charge in [-0.05, 0) is 17.7 Å². The summed E-state index contributed by atoms with van der Waals surface area (Å²) in [4.78, 5) is 0. The van der Waals surface area contributed by atoms with Crippen LogP contribution in [0, 0.1) is 11.3 Å². The molecule has 0 fully saturated rings. The van der Waals surface area contributed by atoms with E-state index in [0.29, 0.717) is 12.2 Å². The van der Waals surface area contributed by atoms with Gasteiger partial charge in [0.05, 0.1) is 19.6 Å². The van der Waals surface area contributed by atoms with E-state index in [1.807, 2.05) is 18.2 Å². The van der Waals surface area contributed by atoms with E-state index < -0.39 is 0 Å². The average Bonchev–Trinajstić information content (AvgIpc) is 2.20. The molecule has 0 aliphatic heterocycles. The van der Waals surface area contributed by atoms with Crippen LogP contribution in [0.2, 0.25) is 0 Å². The van der Waals surface area contributed by atoms with Crippen LogP contribution < -0.4 is 0 Å². The van der Waals surface area contributed by atoms with Gasteiger partial charge in [-0.1, -0.05) is 28.6 Å². The summed E-state index contributed by atoms with van der Waals surface area (Å²) >= 11 is 3.40. The number of halogens is 1. The summed E-state index contributed by atoms with van der Waals surface area (Å²) in [6, 6.07) is 7.80. The fourth-order valence-electron chi connectivity index (χ4n) is 1.10. The Morgan fingerprint density at radius 2 is 2.36 bits per heavy atom. The smallest absolute Gasteiger partial charge is 0.120 e. The van der Waals surface area contributed by atoms with E-state index in [1.54, 1.807) is 7.11 Å². The Morgan fingerprint density at radius 1 is 1.64 bits per heavy atom. The van der Waals surface area contributed by atoms with Crippen molar-refractivity contribution in [2.24, 2.45) is 0 Å². The van der Waals surface area contributed by atoms with Crippen LogP contribution in [0.5, 0.6) is 0 Å². The normalized spacial score (nSPS) is 9.21. The summed E-state index contributed by atoms with van der Waals surface area (Å²) in [6.45, 7) is 3.77. The van der Waals surface area contributed by atoms with Gasteiger partial charge >= 0.3 is 0 Å². The number of methoxy groups -OCH3 is 1. The first-order valence-electron chi connectivity index (χ1n) is 4.07. The van der Waals surface area contributed by atoms with Crippen molar-refractivity contribution in [3.8, 4) is 6.07 Å². The van der Waals surface area contributed by atoms with E-state index >= 15 is 0 Å². The highest BCUT2D eigenvalue weighted by Gasteiger charge is 2.05. The van der Waals surface area contributed by atoms with Crippen LogP contribution in [0.1, 0.15) is 11.1 Å². The summed E-state index contributed by atoms with van der Waals surface area (Å²) < 4.78 is 5.97. The lowest BCUT2D eigenvalue weighted by Gasteiger charge is -2.07. The monoisotopic (exact) mass is 251 g/mol. The number of rotatable bonds is 3. The first-order valence-corrected chi connectivity index (χ1v) is 4.87. The third-order valence-corrected chi connectivity index (χ3v) is 2.55. The molecule has 0 amide bonds. The van der Waals surface area contributed by atoms with E-state index in [2.05, 4.69) is 28.6 Å². The fourth-order valence-corrected chi connectivity index (χ4v) is 1.57. The van der Waals surface area contributed by atoms with Gasteiger partial charge in [0.25, 0.3) is 0 Å². The van der Waals surface area contributed by atoms with E-state index in [9.17, 15) is 0 Å². The molecule has 0 heterocycles. The van der Waals surface area contributed by atoms with Crippen LogP contribution in [0.4, 0.5) is 0 Å². The lowest BCUT2D eigenvalue weighted by molar-refractivity contribution is 0.371. The van der Waals surface area contributed by atoms with Gasteiger partial charge in [-0.25, -0.2) is 0 Å². The van der Waals surface area contributed by atoms with Crippen molar-refractivity contribution < 1.29 is 4.74 Å². The zero-order chi connectivity index (χ0) is 10.6. The fraction of sp³-hybridized carbons (Fsp3) is 0.182. The molecule has 0 aliphatic rings. The molecule has 3 heteroatoms. The minimum absolute atomic E-state index is 0.400. The highest BCUT2D eigenvalue weighted by molar-refractivity contribution is 9.10. The topological polar surface area (TPSA) is 33.0 Å².